The van der Waals surface area contributed by atoms with Crippen molar-refractivity contribution in [1.29, 1.82) is 0 Å². The Balaban J connectivity index is 2.02. The van der Waals surface area contributed by atoms with Gasteiger partial charge in [-0.3, -0.25) is 0 Å². The summed E-state index contributed by atoms with van der Waals surface area (Å²) in [6.07, 6.45) is 13.6. The van der Waals surface area contributed by atoms with Crippen molar-refractivity contribution >= 4 is 16.5 Å². The molecule has 1 aliphatic rings. The van der Waals surface area contributed by atoms with Crippen LogP contribution in [0.2, 0.25) is 0 Å². The van der Waals surface area contributed by atoms with Gasteiger partial charge in [-0.15, -0.1) is 8.27 Å². The quantitative estimate of drug-likeness (QED) is 0.424. The summed E-state index contributed by atoms with van der Waals surface area (Å²) in [5.74, 6) is 2.20. The zero-order chi connectivity index (χ0) is 10.9. The summed E-state index contributed by atoms with van der Waals surface area (Å²) in [7, 11) is 2.46. The average molecular weight is 246 g/mol. The van der Waals surface area contributed by atoms with Gasteiger partial charge in [0, 0.05) is 0 Å². The van der Waals surface area contributed by atoms with Crippen molar-refractivity contribution in [3.63, 3.8) is 0 Å². The van der Waals surface area contributed by atoms with Gasteiger partial charge in [-0.05, 0) is 31.1 Å². The molecule has 0 aromatic carbocycles. The minimum Gasteiger partial charge on any atom is -0.102 e. The van der Waals surface area contributed by atoms with Crippen LogP contribution in [0.1, 0.15) is 58.3 Å². The lowest BCUT2D eigenvalue weighted by molar-refractivity contribution is 0.256. The molecule has 2 atom stereocenters. The monoisotopic (exact) mass is 246 g/mol. The highest BCUT2D eigenvalue weighted by molar-refractivity contribution is 8.11. The van der Waals surface area contributed by atoms with E-state index in [0.29, 0.717) is 0 Å². The third-order valence-corrected chi connectivity index (χ3v) is 6.49. The normalized spacial score (nSPS) is 28.4. The first-order valence-corrected chi connectivity index (χ1v) is 10.5. The molecule has 0 aromatic rings. The zero-order valence-electron chi connectivity index (χ0n) is 10.5. The van der Waals surface area contributed by atoms with E-state index in [4.69, 9.17) is 0 Å². The standard InChI is InChI=1S/C13H28P2/c1-3-4-5-12-6-8-13(9-7-12)10-11-15-14-2/h12-15H,3-11H2,1-2H3. The summed E-state index contributed by atoms with van der Waals surface area (Å²) in [6.45, 7) is 4.66. The third kappa shape index (κ3) is 6.23. The molecule has 0 saturated heterocycles. The van der Waals surface area contributed by atoms with Crippen LogP contribution in [0.4, 0.5) is 0 Å². The van der Waals surface area contributed by atoms with Gasteiger partial charge >= 0.3 is 0 Å². The van der Waals surface area contributed by atoms with Gasteiger partial charge in [0.25, 0.3) is 0 Å². The predicted molar refractivity (Wildman–Crippen MR) is 77.0 cm³/mol. The molecule has 0 aliphatic heterocycles. The summed E-state index contributed by atoms with van der Waals surface area (Å²) >= 11 is 0. The molecule has 0 amide bonds. The molecular formula is C13H28P2. The maximum absolute atomic E-state index is 2.35. The molecule has 0 heterocycles. The molecular weight excluding hydrogens is 218 g/mol. The van der Waals surface area contributed by atoms with Gasteiger partial charge in [0.2, 0.25) is 0 Å². The number of hydrogen-bond donors (Lipinski definition) is 0. The Kier molecular flexibility index (Phi) is 8.31. The second-order valence-electron chi connectivity index (χ2n) is 4.99. The number of unbranched alkanes of at least 4 members (excludes halogenated alkanes) is 1. The molecule has 0 bridgehead atoms. The van der Waals surface area contributed by atoms with E-state index < -0.39 is 0 Å². The Morgan fingerprint density at radius 3 is 2.13 bits per heavy atom. The SMILES string of the molecule is CCCCC1CCC(CCPPC)CC1. The van der Waals surface area contributed by atoms with Crippen LogP contribution in [-0.2, 0) is 0 Å². The maximum Gasteiger partial charge on any atom is -0.0314 e. The lowest BCUT2D eigenvalue weighted by Crippen LogP contribution is -2.14. The fourth-order valence-electron chi connectivity index (χ4n) is 2.70. The lowest BCUT2D eigenvalue weighted by Gasteiger charge is -2.28. The van der Waals surface area contributed by atoms with E-state index in [9.17, 15) is 0 Å². The summed E-state index contributed by atoms with van der Waals surface area (Å²) in [5.41, 5.74) is 0. The Morgan fingerprint density at radius 2 is 1.60 bits per heavy atom. The van der Waals surface area contributed by atoms with Crippen LogP contribution < -0.4 is 0 Å². The van der Waals surface area contributed by atoms with E-state index in [1.807, 2.05) is 0 Å². The van der Waals surface area contributed by atoms with Crippen LogP contribution in [0, 0.1) is 11.8 Å². The highest BCUT2D eigenvalue weighted by atomic mass is 32.0. The number of rotatable bonds is 7. The van der Waals surface area contributed by atoms with E-state index in [-0.39, 0.29) is 0 Å². The summed E-state index contributed by atoms with van der Waals surface area (Å²) < 4.78 is 0. The summed E-state index contributed by atoms with van der Waals surface area (Å²) in [6, 6.07) is 0. The molecule has 15 heavy (non-hydrogen) atoms. The molecule has 0 spiro atoms. The van der Waals surface area contributed by atoms with Crippen molar-refractivity contribution in [2.75, 3.05) is 12.8 Å². The fourth-order valence-corrected chi connectivity index (χ4v) is 4.69. The Morgan fingerprint density at radius 1 is 1.00 bits per heavy atom. The molecule has 1 rings (SSSR count). The molecule has 1 saturated carbocycles. The van der Waals surface area contributed by atoms with Crippen LogP contribution in [-0.4, -0.2) is 12.8 Å². The first kappa shape index (κ1) is 13.9. The highest BCUT2D eigenvalue weighted by Crippen LogP contribution is 2.38. The van der Waals surface area contributed by atoms with Gasteiger partial charge in [0.05, 0.1) is 0 Å². The Labute approximate surface area is 99.8 Å². The van der Waals surface area contributed by atoms with E-state index in [0.717, 1.165) is 11.8 Å². The smallest absolute Gasteiger partial charge is 0.0314 e. The number of hydrogen-bond acceptors (Lipinski definition) is 0. The lowest BCUT2D eigenvalue weighted by atomic mass is 9.79. The summed E-state index contributed by atoms with van der Waals surface area (Å²) in [4.78, 5) is 0. The Hall–Kier alpha value is 0.860. The molecule has 2 heteroatoms. The van der Waals surface area contributed by atoms with E-state index >= 15 is 0 Å². The minimum atomic E-state index is 1.09. The first-order valence-electron chi connectivity index (χ1n) is 6.76. The van der Waals surface area contributed by atoms with Gasteiger partial charge in [0.1, 0.15) is 0 Å². The van der Waals surface area contributed by atoms with Gasteiger partial charge in [-0.25, -0.2) is 0 Å². The molecule has 1 aliphatic carbocycles. The van der Waals surface area contributed by atoms with Crippen LogP contribution in [0.25, 0.3) is 0 Å². The molecule has 1 fully saturated rings. The Bertz CT molecular complexity index is 139. The largest absolute Gasteiger partial charge is 0.102 e. The predicted octanol–water partition coefficient (Wildman–Crippen LogP) is 5.27. The van der Waals surface area contributed by atoms with E-state index in [1.165, 1.54) is 42.0 Å². The first-order chi connectivity index (χ1) is 7.36. The van der Waals surface area contributed by atoms with E-state index in [1.54, 1.807) is 32.1 Å². The molecule has 0 nitrogen and oxygen atoms in total. The van der Waals surface area contributed by atoms with Crippen molar-refractivity contribution in [3.05, 3.63) is 0 Å². The van der Waals surface area contributed by atoms with Crippen molar-refractivity contribution in [2.45, 2.75) is 58.3 Å². The van der Waals surface area contributed by atoms with Crippen LogP contribution in [0.15, 0.2) is 0 Å². The second kappa shape index (κ2) is 8.95. The molecule has 90 valence electrons. The van der Waals surface area contributed by atoms with Gasteiger partial charge in [0.15, 0.2) is 0 Å². The van der Waals surface area contributed by atoms with Gasteiger partial charge < -0.3 is 0 Å². The third-order valence-electron chi connectivity index (χ3n) is 3.79. The molecule has 0 N–H and O–H groups in total. The van der Waals surface area contributed by atoms with Crippen molar-refractivity contribution in [2.24, 2.45) is 11.8 Å². The average Bonchev–Trinajstić information content (AvgIpc) is 2.28. The molecule has 2 unspecified atom stereocenters. The van der Waals surface area contributed by atoms with Crippen molar-refractivity contribution in [1.82, 2.24) is 0 Å². The highest BCUT2D eigenvalue weighted by Gasteiger charge is 2.19. The van der Waals surface area contributed by atoms with Crippen LogP contribution >= 0.6 is 16.5 Å². The van der Waals surface area contributed by atoms with Crippen molar-refractivity contribution < 1.29 is 0 Å². The zero-order valence-corrected chi connectivity index (χ0v) is 12.5. The maximum atomic E-state index is 2.35. The molecule has 0 aromatic heterocycles. The van der Waals surface area contributed by atoms with Crippen LogP contribution in [0.3, 0.4) is 0 Å². The minimum absolute atomic E-state index is 1.09. The topological polar surface area (TPSA) is 0 Å². The van der Waals surface area contributed by atoms with Crippen molar-refractivity contribution in [3.8, 4) is 0 Å². The van der Waals surface area contributed by atoms with E-state index in [2.05, 4.69) is 13.6 Å². The molecule has 0 radical (unpaired) electrons. The van der Waals surface area contributed by atoms with Crippen LogP contribution in [0.5, 0.6) is 0 Å². The second-order valence-corrected chi connectivity index (χ2v) is 8.91. The fraction of sp³-hybridized carbons (Fsp3) is 1.00. The van der Waals surface area contributed by atoms with Gasteiger partial charge in [-0.1, -0.05) is 60.1 Å². The van der Waals surface area contributed by atoms with Gasteiger partial charge in [-0.2, -0.15) is 0 Å². The summed E-state index contributed by atoms with van der Waals surface area (Å²) in [5, 5.41) is 0.